The van der Waals surface area contributed by atoms with Crippen LogP contribution in [0.1, 0.15) is 16.7 Å². The summed E-state index contributed by atoms with van der Waals surface area (Å²) in [6.45, 7) is 9.43. The van der Waals surface area contributed by atoms with Gasteiger partial charge in [-0.3, -0.25) is 4.90 Å². The maximum absolute atomic E-state index is 6.01. The Morgan fingerprint density at radius 3 is 2.12 bits per heavy atom. The summed E-state index contributed by atoms with van der Waals surface area (Å²) in [4.78, 5) is 9.98. The average Bonchev–Trinajstić information content (AvgIpc) is 2.81. The maximum Gasteiger partial charge on any atom is 0.129 e. The highest BCUT2D eigenvalue weighted by Crippen LogP contribution is 2.26. The monoisotopic (exact) mass is 441 g/mol. The van der Waals surface area contributed by atoms with E-state index in [9.17, 15) is 0 Å². The van der Waals surface area contributed by atoms with Crippen molar-refractivity contribution in [2.45, 2.75) is 20.4 Å². The molecule has 1 aromatic heterocycles. The molecule has 1 fully saturated rings. The van der Waals surface area contributed by atoms with Crippen LogP contribution in [-0.2, 0) is 6.54 Å². The summed E-state index contributed by atoms with van der Waals surface area (Å²) in [5.41, 5.74) is 7.45. The van der Waals surface area contributed by atoms with Gasteiger partial charge in [-0.1, -0.05) is 66.2 Å². The van der Waals surface area contributed by atoms with E-state index in [0.29, 0.717) is 0 Å². The molecule has 1 saturated heterocycles. The van der Waals surface area contributed by atoms with Gasteiger partial charge in [0.2, 0.25) is 0 Å². The lowest BCUT2D eigenvalue weighted by Gasteiger charge is -2.35. The van der Waals surface area contributed by atoms with Crippen LogP contribution in [0.4, 0.5) is 5.82 Å². The molecule has 0 bridgehead atoms. The topological polar surface area (TPSA) is 19.4 Å². The second-order valence-corrected chi connectivity index (χ2v) is 9.17. The number of hydrogen-bond donors (Lipinski definition) is 0. The summed E-state index contributed by atoms with van der Waals surface area (Å²) in [7, 11) is 0. The number of hydrogen-bond acceptors (Lipinski definition) is 3. The van der Waals surface area contributed by atoms with Crippen LogP contribution < -0.4 is 4.90 Å². The lowest BCUT2D eigenvalue weighted by atomic mass is 10.0. The van der Waals surface area contributed by atoms with E-state index in [0.717, 1.165) is 49.1 Å². The first kappa shape index (κ1) is 21.0. The zero-order chi connectivity index (χ0) is 22.1. The van der Waals surface area contributed by atoms with Crippen LogP contribution in [-0.4, -0.2) is 36.1 Å². The van der Waals surface area contributed by atoms with E-state index in [1.54, 1.807) is 0 Å². The molecule has 3 nitrogen and oxygen atoms in total. The Morgan fingerprint density at radius 1 is 0.781 bits per heavy atom. The molecule has 0 radical (unpaired) electrons. The van der Waals surface area contributed by atoms with Crippen LogP contribution in [0.3, 0.4) is 0 Å². The van der Waals surface area contributed by atoms with Crippen molar-refractivity contribution in [2.24, 2.45) is 0 Å². The number of benzene rings is 3. The molecule has 4 aromatic rings. The smallest absolute Gasteiger partial charge is 0.129 e. The number of halogens is 1. The van der Waals surface area contributed by atoms with Crippen molar-refractivity contribution in [3.05, 3.63) is 94.5 Å². The van der Waals surface area contributed by atoms with E-state index in [-0.39, 0.29) is 0 Å². The van der Waals surface area contributed by atoms with Crippen LogP contribution in [0.5, 0.6) is 0 Å². The molecule has 5 rings (SSSR count). The van der Waals surface area contributed by atoms with Gasteiger partial charge in [0.1, 0.15) is 5.82 Å². The van der Waals surface area contributed by atoms with Crippen molar-refractivity contribution in [2.75, 3.05) is 31.1 Å². The number of fused-ring (bicyclic) bond motifs is 1. The highest BCUT2D eigenvalue weighted by molar-refractivity contribution is 6.30. The molecule has 2 heterocycles. The third kappa shape index (κ3) is 4.36. The van der Waals surface area contributed by atoms with Gasteiger partial charge in [0.15, 0.2) is 0 Å². The number of anilines is 1. The van der Waals surface area contributed by atoms with Gasteiger partial charge < -0.3 is 4.90 Å². The van der Waals surface area contributed by atoms with Crippen LogP contribution in [0.2, 0.25) is 5.02 Å². The molecule has 32 heavy (non-hydrogen) atoms. The number of aromatic nitrogens is 1. The second kappa shape index (κ2) is 8.93. The fraction of sp³-hybridized carbons (Fsp3) is 0.250. The normalized spacial score (nSPS) is 14.8. The minimum absolute atomic E-state index is 0.772. The molecule has 162 valence electrons. The van der Waals surface area contributed by atoms with Crippen LogP contribution >= 0.6 is 11.6 Å². The first-order chi connectivity index (χ1) is 15.6. The molecule has 0 atom stereocenters. The Morgan fingerprint density at radius 2 is 1.44 bits per heavy atom. The third-order valence-electron chi connectivity index (χ3n) is 6.47. The van der Waals surface area contributed by atoms with Crippen molar-refractivity contribution in [1.82, 2.24) is 9.88 Å². The molecule has 0 aliphatic carbocycles. The average molecular weight is 442 g/mol. The maximum atomic E-state index is 6.01. The first-order valence-electron chi connectivity index (χ1n) is 11.3. The fourth-order valence-electron chi connectivity index (χ4n) is 4.54. The van der Waals surface area contributed by atoms with Gasteiger partial charge in [0.25, 0.3) is 0 Å². The highest BCUT2D eigenvalue weighted by Gasteiger charge is 2.19. The molecular weight excluding hydrogens is 414 g/mol. The summed E-state index contributed by atoms with van der Waals surface area (Å²) in [5.74, 6) is 1.11. The van der Waals surface area contributed by atoms with E-state index >= 15 is 0 Å². The SMILES string of the molecule is Cc1cc(N2CCN(Cc3ccc(-c4ccc(Cl)cc4)cc3)CC2)nc2c(C)cccc12. The Kier molecular flexibility index (Phi) is 5.86. The summed E-state index contributed by atoms with van der Waals surface area (Å²) in [6, 6.07) is 25.6. The number of aryl methyl sites for hydroxylation is 2. The predicted octanol–water partition coefficient (Wildman–Crippen LogP) is 6.49. The number of para-hydroxylation sites is 1. The lowest BCUT2D eigenvalue weighted by Crippen LogP contribution is -2.46. The van der Waals surface area contributed by atoms with Gasteiger partial charge >= 0.3 is 0 Å². The Balaban J connectivity index is 1.23. The van der Waals surface area contributed by atoms with E-state index in [1.165, 1.54) is 33.2 Å². The third-order valence-corrected chi connectivity index (χ3v) is 6.72. The molecule has 1 aliphatic rings. The molecule has 0 spiro atoms. The van der Waals surface area contributed by atoms with E-state index in [1.807, 2.05) is 12.1 Å². The highest BCUT2D eigenvalue weighted by atomic mass is 35.5. The quantitative estimate of drug-likeness (QED) is 0.360. The summed E-state index contributed by atoms with van der Waals surface area (Å²) in [5, 5.41) is 2.03. The summed E-state index contributed by atoms with van der Waals surface area (Å²) in [6.07, 6.45) is 0. The fourth-order valence-corrected chi connectivity index (χ4v) is 4.67. The van der Waals surface area contributed by atoms with Crippen molar-refractivity contribution in [3.8, 4) is 11.1 Å². The molecule has 0 amide bonds. The molecule has 0 unspecified atom stereocenters. The zero-order valence-corrected chi connectivity index (χ0v) is 19.4. The standard InChI is InChI=1S/C28H28ClN3/c1-20-4-3-5-26-21(2)18-27(30-28(20)26)32-16-14-31(15-17-32)19-22-6-8-23(9-7-22)24-10-12-25(29)13-11-24/h3-13,18H,14-17,19H2,1-2H3. The Bertz CT molecular complexity index is 1220. The molecule has 0 saturated carbocycles. The second-order valence-electron chi connectivity index (χ2n) is 8.74. The van der Waals surface area contributed by atoms with Gasteiger partial charge in [-0.05, 0) is 59.9 Å². The van der Waals surface area contributed by atoms with Crippen molar-refractivity contribution < 1.29 is 0 Å². The van der Waals surface area contributed by atoms with Crippen molar-refractivity contribution in [1.29, 1.82) is 0 Å². The van der Waals surface area contributed by atoms with Gasteiger partial charge in [-0.15, -0.1) is 0 Å². The molecule has 4 heteroatoms. The van der Waals surface area contributed by atoms with Crippen LogP contribution in [0, 0.1) is 13.8 Å². The van der Waals surface area contributed by atoms with Crippen LogP contribution in [0.15, 0.2) is 72.8 Å². The number of rotatable bonds is 4. The first-order valence-corrected chi connectivity index (χ1v) is 11.6. The molecule has 3 aromatic carbocycles. The predicted molar refractivity (Wildman–Crippen MR) is 136 cm³/mol. The minimum atomic E-state index is 0.772. The van der Waals surface area contributed by atoms with Crippen molar-refractivity contribution >= 4 is 28.3 Å². The van der Waals surface area contributed by atoms with Gasteiger partial charge in [-0.2, -0.15) is 0 Å². The van der Waals surface area contributed by atoms with Gasteiger partial charge in [0.05, 0.1) is 5.52 Å². The Hall–Kier alpha value is -2.88. The zero-order valence-electron chi connectivity index (χ0n) is 18.7. The number of piperazine rings is 1. The molecule has 0 N–H and O–H groups in total. The number of pyridine rings is 1. The largest absolute Gasteiger partial charge is 0.354 e. The van der Waals surface area contributed by atoms with Gasteiger partial charge in [0, 0.05) is 43.1 Å². The summed E-state index contributed by atoms with van der Waals surface area (Å²) >= 11 is 6.01. The number of nitrogens with zero attached hydrogens (tertiary/aromatic N) is 3. The summed E-state index contributed by atoms with van der Waals surface area (Å²) < 4.78 is 0. The van der Waals surface area contributed by atoms with E-state index < -0.39 is 0 Å². The molecular formula is C28H28ClN3. The van der Waals surface area contributed by atoms with E-state index in [2.05, 4.69) is 84.3 Å². The van der Waals surface area contributed by atoms with Gasteiger partial charge in [-0.25, -0.2) is 4.98 Å². The minimum Gasteiger partial charge on any atom is -0.354 e. The Labute approximate surface area is 195 Å². The lowest BCUT2D eigenvalue weighted by molar-refractivity contribution is 0.249. The van der Waals surface area contributed by atoms with Crippen molar-refractivity contribution in [3.63, 3.8) is 0 Å². The van der Waals surface area contributed by atoms with E-state index in [4.69, 9.17) is 16.6 Å². The molecule has 1 aliphatic heterocycles. The van der Waals surface area contributed by atoms with Crippen LogP contribution in [0.25, 0.3) is 22.0 Å².